The Labute approximate surface area is 224 Å². The Morgan fingerprint density at radius 2 is 0.889 bits per heavy atom. The van der Waals surface area contributed by atoms with E-state index in [2.05, 4.69) is 19.9 Å². The van der Waals surface area contributed by atoms with Gasteiger partial charge in [-0.05, 0) is 32.1 Å². The second kappa shape index (κ2) is 29.9. The van der Waals surface area contributed by atoms with Crippen molar-refractivity contribution in [2.75, 3.05) is 13.2 Å². The lowest BCUT2D eigenvalue weighted by Crippen LogP contribution is -2.05. The van der Waals surface area contributed by atoms with E-state index < -0.39 is 0 Å². The summed E-state index contributed by atoms with van der Waals surface area (Å²) in [5.74, 6) is -0.0958. The molecule has 0 rings (SSSR count). The van der Waals surface area contributed by atoms with Crippen molar-refractivity contribution >= 4 is 11.9 Å². The molecule has 0 radical (unpaired) electrons. The minimum absolute atomic E-state index is 0.00615. The fourth-order valence-electron chi connectivity index (χ4n) is 4.33. The largest absolute Gasteiger partial charge is 0.466 e. The maximum absolute atomic E-state index is 11.7. The summed E-state index contributed by atoms with van der Waals surface area (Å²) >= 11 is 0. The first-order valence-corrected chi connectivity index (χ1v) is 15.7. The van der Waals surface area contributed by atoms with Gasteiger partial charge >= 0.3 is 11.9 Å². The van der Waals surface area contributed by atoms with Crippen LogP contribution in [-0.2, 0) is 19.1 Å². The van der Waals surface area contributed by atoms with Crippen LogP contribution < -0.4 is 0 Å². The highest BCUT2D eigenvalue weighted by atomic mass is 16.5. The number of allylic oxidation sites excluding steroid dienone is 1. The monoisotopic (exact) mass is 508 g/mol. The first kappa shape index (κ1) is 34.7. The van der Waals surface area contributed by atoms with E-state index >= 15 is 0 Å². The first-order chi connectivity index (χ1) is 17.7. The molecule has 212 valence electrons. The highest BCUT2D eigenvalue weighted by Crippen LogP contribution is 2.14. The van der Waals surface area contributed by atoms with Crippen LogP contribution in [0.3, 0.4) is 0 Å². The average Bonchev–Trinajstić information content (AvgIpc) is 2.87. The van der Waals surface area contributed by atoms with E-state index in [-0.39, 0.29) is 11.9 Å². The van der Waals surface area contributed by atoms with Gasteiger partial charge in [0.15, 0.2) is 0 Å². The van der Waals surface area contributed by atoms with Crippen LogP contribution >= 0.6 is 0 Å². The topological polar surface area (TPSA) is 52.6 Å². The Balaban J connectivity index is 3.22. The number of hydrogen-bond donors (Lipinski definition) is 0. The number of ether oxygens (including phenoxy) is 2. The summed E-state index contributed by atoms with van der Waals surface area (Å²) < 4.78 is 10.5. The van der Waals surface area contributed by atoms with E-state index in [0.29, 0.717) is 26.1 Å². The van der Waals surface area contributed by atoms with Crippen LogP contribution in [-0.4, -0.2) is 25.2 Å². The second-order valence-electron chi connectivity index (χ2n) is 10.4. The molecule has 0 amide bonds. The van der Waals surface area contributed by atoms with Gasteiger partial charge in [-0.2, -0.15) is 0 Å². The van der Waals surface area contributed by atoms with Crippen LogP contribution in [0.2, 0.25) is 0 Å². The van der Waals surface area contributed by atoms with Crippen LogP contribution in [0, 0.1) is 0 Å². The third kappa shape index (κ3) is 28.9. The quantitative estimate of drug-likeness (QED) is 0.0599. The van der Waals surface area contributed by atoms with Crippen LogP contribution in [0.5, 0.6) is 0 Å². The van der Waals surface area contributed by atoms with Gasteiger partial charge in [-0.25, -0.2) is 0 Å². The Kier molecular flexibility index (Phi) is 28.8. The van der Waals surface area contributed by atoms with Crippen LogP contribution in [0.15, 0.2) is 12.2 Å². The van der Waals surface area contributed by atoms with Crippen LogP contribution in [0.25, 0.3) is 0 Å². The highest BCUT2D eigenvalue weighted by molar-refractivity contribution is 5.71. The summed E-state index contributed by atoms with van der Waals surface area (Å²) in [5.41, 5.74) is 0. The normalized spacial score (nSPS) is 11.3. The molecule has 0 bridgehead atoms. The molecule has 0 unspecified atom stereocenters. The highest BCUT2D eigenvalue weighted by Gasteiger charge is 2.02. The molecule has 0 aliphatic carbocycles. The molecule has 0 aromatic rings. The summed E-state index contributed by atoms with van der Waals surface area (Å²) in [7, 11) is 0. The third-order valence-corrected chi connectivity index (χ3v) is 6.72. The smallest absolute Gasteiger partial charge is 0.309 e. The van der Waals surface area contributed by atoms with Crippen molar-refractivity contribution in [3.8, 4) is 0 Å². The number of hydrogen-bond acceptors (Lipinski definition) is 4. The molecule has 0 fully saturated rings. The van der Waals surface area contributed by atoms with E-state index in [1.807, 2.05) is 6.08 Å². The summed E-state index contributed by atoms with van der Waals surface area (Å²) in [6.07, 6.45) is 32.1. The third-order valence-electron chi connectivity index (χ3n) is 6.72. The number of rotatable bonds is 28. The summed E-state index contributed by atoms with van der Waals surface area (Å²) in [6, 6.07) is 0. The predicted molar refractivity (Wildman–Crippen MR) is 153 cm³/mol. The molecule has 0 aliphatic heterocycles. The first-order valence-electron chi connectivity index (χ1n) is 15.7. The lowest BCUT2D eigenvalue weighted by molar-refractivity contribution is -0.144. The molecule has 4 nitrogen and oxygen atoms in total. The maximum Gasteiger partial charge on any atom is 0.309 e. The Morgan fingerprint density at radius 1 is 0.472 bits per heavy atom. The van der Waals surface area contributed by atoms with Crippen molar-refractivity contribution < 1.29 is 19.1 Å². The van der Waals surface area contributed by atoms with E-state index in [4.69, 9.17) is 9.47 Å². The lowest BCUT2D eigenvalue weighted by atomic mass is 10.0. The minimum Gasteiger partial charge on any atom is -0.466 e. The van der Waals surface area contributed by atoms with Gasteiger partial charge in [0.05, 0.1) is 19.6 Å². The summed E-state index contributed by atoms with van der Waals surface area (Å²) in [6.45, 7) is 5.56. The molecule has 36 heavy (non-hydrogen) atoms. The van der Waals surface area contributed by atoms with E-state index in [9.17, 15) is 9.59 Å². The van der Waals surface area contributed by atoms with Gasteiger partial charge in [0, 0.05) is 6.42 Å². The SMILES string of the molecule is CCCCCCOC(=O)C/C=C/CCCCCCCCCCCCCCCC(=O)OCCCCCC. The zero-order valence-corrected chi connectivity index (χ0v) is 24.2. The lowest BCUT2D eigenvalue weighted by Gasteiger charge is -2.05. The van der Waals surface area contributed by atoms with Gasteiger partial charge in [-0.1, -0.05) is 135 Å². The zero-order valence-electron chi connectivity index (χ0n) is 24.2. The van der Waals surface area contributed by atoms with Crippen molar-refractivity contribution in [2.45, 2.75) is 168 Å². The van der Waals surface area contributed by atoms with Gasteiger partial charge in [0.1, 0.15) is 0 Å². The molecule has 0 aliphatic rings. The van der Waals surface area contributed by atoms with Crippen molar-refractivity contribution in [1.82, 2.24) is 0 Å². The van der Waals surface area contributed by atoms with Crippen molar-refractivity contribution in [2.24, 2.45) is 0 Å². The second-order valence-corrected chi connectivity index (χ2v) is 10.4. The summed E-state index contributed by atoms with van der Waals surface area (Å²) in [4.78, 5) is 23.3. The predicted octanol–water partition coefficient (Wildman–Crippen LogP) is 10.0. The standard InChI is InChI=1S/C32H60O4/c1-3-5-7-25-29-35-31(33)27-23-21-19-17-15-13-11-9-10-12-14-16-18-20-22-24-28-32(34)36-30-26-8-6-4-2/h21,23H,3-20,22,24-30H2,1-2H3/b23-21+. The van der Waals surface area contributed by atoms with E-state index in [1.165, 1.54) is 103 Å². The maximum atomic E-state index is 11.7. The van der Waals surface area contributed by atoms with Gasteiger partial charge < -0.3 is 9.47 Å². The molecule has 4 heteroatoms. The molecule has 0 saturated heterocycles. The van der Waals surface area contributed by atoms with Crippen LogP contribution in [0.4, 0.5) is 0 Å². The molecule has 0 aromatic carbocycles. The van der Waals surface area contributed by atoms with E-state index in [0.717, 1.165) is 38.5 Å². The Morgan fingerprint density at radius 3 is 1.39 bits per heavy atom. The molecular weight excluding hydrogens is 448 g/mol. The molecule has 0 spiro atoms. The number of esters is 2. The number of carbonyl (C=O) groups excluding carboxylic acids is 2. The molecule has 0 atom stereocenters. The molecule has 0 aromatic heterocycles. The van der Waals surface area contributed by atoms with Crippen LogP contribution in [0.1, 0.15) is 168 Å². The Hall–Kier alpha value is -1.32. The van der Waals surface area contributed by atoms with Crippen molar-refractivity contribution in [3.05, 3.63) is 12.2 Å². The zero-order chi connectivity index (χ0) is 26.4. The summed E-state index contributed by atoms with van der Waals surface area (Å²) in [5, 5.41) is 0. The molecule has 0 N–H and O–H groups in total. The van der Waals surface area contributed by atoms with Gasteiger partial charge in [0.2, 0.25) is 0 Å². The number of unbranched alkanes of at least 4 members (excludes halogenated alkanes) is 19. The molecular formula is C32H60O4. The fourth-order valence-corrected chi connectivity index (χ4v) is 4.33. The molecule has 0 heterocycles. The van der Waals surface area contributed by atoms with Crippen molar-refractivity contribution in [3.63, 3.8) is 0 Å². The van der Waals surface area contributed by atoms with E-state index in [1.54, 1.807) is 0 Å². The average molecular weight is 509 g/mol. The van der Waals surface area contributed by atoms with Crippen molar-refractivity contribution in [1.29, 1.82) is 0 Å². The fraction of sp³-hybridized carbons (Fsp3) is 0.875. The molecule has 0 saturated carbocycles. The van der Waals surface area contributed by atoms with Gasteiger partial charge in [0.25, 0.3) is 0 Å². The number of carbonyl (C=O) groups is 2. The van der Waals surface area contributed by atoms with Gasteiger partial charge in [-0.15, -0.1) is 0 Å². The Bertz CT molecular complexity index is 500. The minimum atomic E-state index is -0.0897. The van der Waals surface area contributed by atoms with Gasteiger partial charge in [-0.3, -0.25) is 9.59 Å².